The molecule has 2 aliphatic heterocycles. The Morgan fingerprint density at radius 1 is 0.407 bits per heavy atom. The first kappa shape index (κ1) is 34.0. The van der Waals surface area contributed by atoms with Gasteiger partial charge in [0.15, 0.2) is 0 Å². The van der Waals surface area contributed by atoms with Crippen molar-refractivity contribution in [2.24, 2.45) is 0 Å². The fourth-order valence-corrected chi connectivity index (χ4v) is 7.38. The number of fused-ring (bicyclic) bond motifs is 8. The molecular weight excluding hydrogens is 740 g/mol. The van der Waals surface area contributed by atoms with Crippen molar-refractivity contribution in [3.05, 3.63) is 118 Å². The molecule has 2 N–H and O–H groups in total. The SMILES string of the molecule is FC1(F)c2cc3[nH]c2c(c2nc(c(-c4ccccc4)c4cc5c([nH]4)c(c4nc(c3-c3ccccc3)C=C4)C(F)(F)C(F)(F)C5(F)F)C=C2)C(F)(F)C1(F)F. The monoisotopic (exact) mass is 758 g/mol. The molecule has 5 aromatic rings. The highest BCUT2D eigenvalue weighted by Crippen LogP contribution is 2.63. The van der Waals surface area contributed by atoms with E-state index in [-0.39, 0.29) is 22.3 Å². The van der Waals surface area contributed by atoms with E-state index in [0.717, 1.165) is 24.3 Å². The fraction of sp³-hybridized carbons (Fsp3) is 0.158. The van der Waals surface area contributed by atoms with Gasteiger partial charge < -0.3 is 9.97 Å². The number of halogens is 12. The van der Waals surface area contributed by atoms with E-state index in [9.17, 15) is 0 Å². The summed E-state index contributed by atoms with van der Waals surface area (Å²) < 4.78 is 188. The highest BCUT2D eigenvalue weighted by molar-refractivity contribution is 5.96. The van der Waals surface area contributed by atoms with Crippen LogP contribution in [0.2, 0.25) is 0 Å². The smallest absolute Gasteiger partial charge is 0.354 e. The summed E-state index contributed by atoms with van der Waals surface area (Å²) in [6.45, 7) is 0. The molecule has 0 spiro atoms. The average Bonchev–Trinajstić information content (AvgIpc) is 3.94. The van der Waals surface area contributed by atoms with Gasteiger partial charge in [0.2, 0.25) is 0 Å². The van der Waals surface area contributed by atoms with Crippen molar-refractivity contribution in [3.63, 3.8) is 0 Å². The van der Waals surface area contributed by atoms with E-state index < -0.39 is 103 Å². The molecule has 0 atom stereocenters. The van der Waals surface area contributed by atoms with Crippen LogP contribution in [-0.4, -0.2) is 31.8 Å². The molecule has 5 heterocycles. The van der Waals surface area contributed by atoms with Gasteiger partial charge in [0, 0.05) is 22.2 Å². The molecule has 54 heavy (non-hydrogen) atoms. The molecule has 274 valence electrons. The molecule has 4 nitrogen and oxygen atoms in total. The number of rotatable bonds is 2. The summed E-state index contributed by atoms with van der Waals surface area (Å²) in [6.07, 6.45) is 3.61. The van der Waals surface area contributed by atoms with Gasteiger partial charge in [-0.2, -0.15) is 52.7 Å². The maximum Gasteiger partial charge on any atom is 0.380 e. The Bertz CT molecular complexity index is 2490. The summed E-state index contributed by atoms with van der Waals surface area (Å²) in [5.41, 5.74) is -12.7. The molecule has 0 radical (unpaired) electrons. The number of benzene rings is 2. The number of hydrogen-bond acceptors (Lipinski definition) is 2. The van der Waals surface area contributed by atoms with Crippen molar-refractivity contribution in [1.82, 2.24) is 19.9 Å². The van der Waals surface area contributed by atoms with Crippen LogP contribution in [0.15, 0.2) is 72.8 Å². The maximum atomic E-state index is 16.0. The van der Waals surface area contributed by atoms with Crippen LogP contribution in [0.4, 0.5) is 52.7 Å². The van der Waals surface area contributed by atoms with Gasteiger partial charge in [0.1, 0.15) is 0 Å². The van der Waals surface area contributed by atoms with Crippen molar-refractivity contribution in [2.75, 3.05) is 0 Å². The van der Waals surface area contributed by atoms with Crippen LogP contribution in [0.5, 0.6) is 0 Å². The zero-order valence-corrected chi connectivity index (χ0v) is 26.7. The third-order valence-corrected chi connectivity index (χ3v) is 9.99. The third kappa shape index (κ3) is 4.07. The Hall–Kier alpha value is -5.80. The number of aromatic amines is 2. The van der Waals surface area contributed by atoms with Gasteiger partial charge in [-0.25, -0.2) is 9.97 Å². The molecule has 0 amide bonds. The lowest BCUT2D eigenvalue weighted by molar-refractivity contribution is -0.323. The van der Waals surface area contributed by atoms with Crippen molar-refractivity contribution >= 4 is 46.4 Å². The van der Waals surface area contributed by atoms with Crippen LogP contribution in [-0.2, 0) is 23.7 Å². The van der Waals surface area contributed by atoms with Crippen LogP contribution < -0.4 is 0 Å². The van der Waals surface area contributed by atoms with Gasteiger partial charge in [-0.3, -0.25) is 0 Å². The molecule has 9 rings (SSSR count). The zero-order valence-electron chi connectivity index (χ0n) is 26.7. The predicted molar refractivity (Wildman–Crippen MR) is 175 cm³/mol. The van der Waals surface area contributed by atoms with E-state index in [2.05, 4.69) is 19.9 Å². The first-order valence-electron chi connectivity index (χ1n) is 16.0. The number of alkyl halides is 12. The Balaban J connectivity index is 1.58. The molecule has 3 aromatic heterocycles. The zero-order chi connectivity index (χ0) is 38.4. The van der Waals surface area contributed by atoms with E-state index in [4.69, 9.17) is 0 Å². The van der Waals surface area contributed by atoms with Gasteiger partial charge in [-0.15, -0.1) is 0 Å². The van der Waals surface area contributed by atoms with Gasteiger partial charge >= 0.3 is 35.5 Å². The van der Waals surface area contributed by atoms with E-state index in [1.165, 1.54) is 60.7 Å². The second-order valence-electron chi connectivity index (χ2n) is 13.1. The van der Waals surface area contributed by atoms with E-state index >= 15 is 52.7 Å². The summed E-state index contributed by atoms with van der Waals surface area (Å²) in [5, 5.41) is 0. The lowest BCUT2D eigenvalue weighted by Crippen LogP contribution is -2.53. The van der Waals surface area contributed by atoms with E-state index in [1.807, 2.05) is 0 Å². The highest BCUT2D eigenvalue weighted by atomic mass is 19.4. The van der Waals surface area contributed by atoms with Gasteiger partial charge in [-0.05, 0) is 47.6 Å². The lowest BCUT2D eigenvalue weighted by Gasteiger charge is -2.36. The summed E-state index contributed by atoms with van der Waals surface area (Å²) in [4.78, 5) is 13.0. The topological polar surface area (TPSA) is 57.4 Å². The molecule has 4 aliphatic rings. The number of aromatic nitrogens is 4. The van der Waals surface area contributed by atoms with Crippen LogP contribution in [0.1, 0.15) is 45.0 Å². The first-order valence-corrected chi connectivity index (χ1v) is 16.0. The standard InChI is InChI=1S/C38H18F12N4/c39-33(40)19-15-25-27(17-7-3-1-4-8-17)21-11-13-23(51-21)29-32-20(34(41,42)38(49,50)35(29,43)44)16-26(54-32)28(18-9-5-2-6-10-18)22-12-14-24(52-22)30(31(19)53-25)36(45,46)37(33,47)48/h1-16,53-54H. The van der Waals surface area contributed by atoms with E-state index in [1.54, 1.807) is 0 Å². The summed E-state index contributed by atoms with van der Waals surface area (Å²) >= 11 is 0. The lowest BCUT2D eigenvalue weighted by atomic mass is 9.85. The molecular formula is C38H18F12N4. The normalized spacial score (nSPS) is 20.2. The second-order valence-corrected chi connectivity index (χ2v) is 13.1. The fourth-order valence-electron chi connectivity index (χ4n) is 7.38. The predicted octanol–water partition coefficient (Wildman–Crippen LogP) is 11.7. The van der Waals surface area contributed by atoms with Crippen LogP contribution in [0, 0.1) is 0 Å². The van der Waals surface area contributed by atoms with Crippen molar-refractivity contribution in [2.45, 2.75) is 35.5 Å². The maximum absolute atomic E-state index is 16.0. The van der Waals surface area contributed by atoms with Gasteiger partial charge in [-0.1, -0.05) is 60.7 Å². The summed E-state index contributed by atoms with van der Waals surface area (Å²) in [7, 11) is 0. The minimum Gasteiger partial charge on any atom is -0.354 e. The quantitative estimate of drug-likeness (QED) is 0.173. The number of hydrogen-bond donors (Lipinski definition) is 2. The minimum absolute atomic E-state index is 0.0705. The van der Waals surface area contributed by atoms with Crippen LogP contribution in [0.25, 0.3) is 68.6 Å². The Morgan fingerprint density at radius 2 is 0.741 bits per heavy atom. The molecule has 0 fully saturated rings. The number of nitrogens with one attached hydrogen (secondary N) is 2. The Morgan fingerprint density at radius 3 is 1.09 bits per heavy atom. The summed E-state index contributed by atoms with van der Waals surface area (Å²) in [6, 6.07) is 15.3. The molecule has 2 aliphatic carbocycles. The van der Waals surface area contributed by atoms with Crippen LogP contribution >= 0.6 is 0 Å². The highest BCUT2D eigenvalue weighted by Gasteiger charge is 2.77. The second kappa shape index (κ2) is 10.4. The number of nitrogens with zero attached hydrogens (tertiary/aromatic N) is 2. The van der Waals surface area contributed by atoms with Crippen molar-refractivity contribution in [3.8, 4) is 22.3 Å². The Labute approximate surface area is 294 Å². The van der Waals surface area contributed by atoms with E-state index in [0.29, 0.717) is 12.1 Å². The van der Waals surface area contributed by atoms with Crippen molar-refractivity contribution < 1.29 is 52.7 Å². The first-order chi connectivity index (χ1) is 25.3. The molecule has 0 saturated carbocycles. The summed E-state index contributed by atoms with van der Waals surface area (Å²) in [5.74, 6) is -34.1. The van der Waals surface area contributed by atoms with Gasteiger partial charge in [0.05, 0.1) is 56.1 Å². The van der Waals surface area contributed by atoms with Gasteiger partial charge in [0.25, 0.3) is 0 Å². The minimum atomic E-state index is -6.01. The number of H-pyrrole nitrogens is 2. The van der Waals surface area contributed by atoms with Crippen LogP contribution in [0.3, 0.4) is 0 Å². The average molecular weight is 759 g/mol. The molecule has 8 bridgehead atoms. The molecule has 16 heteroatoms. The molecule has 0 unspecified atom stereocenters. The van der Waals surface area contributed by atoms with Crippen molar-refractivity contribution in [1.29, 1.82) is 0 Å². The Kier molecular flexibility index (Phi) is 6.58. The molecule has 0 saturated heterocycles. The largest absolute Gasteiger partial charge is 0.380 e. The third-order valence-electron chi connectivity index (χ3n) is 9.99. The molecule has 2 aromatic carbocycles.